The Kier molecular flexibility index (Phi) is 7.43. The smallest absolute Gasteiger partial charge is 0.274 e. The number of hydrogen-bond donors (Lipinski definition) is 0. The Morgan fingerprint density at radius 1 is 1.05 bits per heavy atom. The van der Waals surface area contributed by atoms with E-state index < -0.39 is 0 Å². The predicted molar refractivity (Wildman–Crippen MR) is 155 cm³/mol. The molecule has 1 aliphatic carbocycles. The molecule has 1 saturated heterocycles. The van der Waals surface area contributed by atoms with Gasteiger partial charge in [-0.15, -0.1) is 11.3 Å². The molecule has 38 heavy (non-hydrogen) atoms. The van der Waals surface area contributed by atoms with E-state index in [1.165, 1.54) is 28.8 Å². The van der Waals surface area contributed by atoms with Crippen molar-refractivity contribution in [3.05, 3.63) is 93.8 Å². The number of piperidine rings is 1. The lowest BCUT2D eigenvalue weighted by atomic mass is 9.93. The van der Waals surface area contributed by atoms with Gasteiger partial charge in [-0.3, -0.25) is 4.79 Å². The summed E-state index contributed by atoms with van der Waals surface area (Å²) in [5.74, 6) is 0.581. The van der Waals surface area contributed by atoms with Gasteiger partial charge in [0.1, 0.15) is 0 Å². The molecule has 0 radical (unpaired) electrons. The molecule has 1 fully saturated rings. The number of likely N-dealkylation sites (tertiary alicyclic amines) is 1. The number of benzene rings is 2. The van der Waals surface area contributed by atoms with Gasteiger partial charge in [0, 0.05) is 42.2 Å². The summed E-state index contributed by atoms with van der Waals surface area (Å²) < 4.78 is 2.01. The van der Waals surface area contributed by atoms with Crippen LogP contribution < -0.4 is 0 Å². The Morgan fingerprint density at radius 3 is 2.63 bits per heavy atom. The number of aromatic nitrogens is 2. The molecular weight excluding hydrogens is 488 g/mol. The zero-order valence-electron chi connectivity index (χ0n) is 22.2. The fourth-order valence-corrected chi connectivity index (χ4v) is 7.01. The van der Waals surface area contributed by atoms with Crippen LogP contribution in [-0.4, -0.2) is 58.2 Å². The monoisotopic (exact) mass is 524 g/mol. The number of fused-ring (bicyclic) bond motifs is 3. The first kappa shape index (κ1) is 25.1. The largest absolute Gasteiger partial charge is 0.337 e. The minimum Gasteiger partial charge on any atom is -0.337 e. The molecule has 2 aromatic carbocycles. The van der Waals surface area contributed by atoms with Gasteiger partial charge in [0.05, 0.1) is 11.4 Å². The Morgan fingerprint density at radius 2 is 1.84 bits per heavy atom. The summed E-state index contributed by atoms with van der Waals surface area (Å²) in [7, 11) is 0. The van der Waals surface area contributed by atoms with Crippen LogP contribution in [0.3, 0.4) is 0 Å². The first-order chi connectivity index (χ1) is 18.7. The van der Waals surface area contributed by atoms with Crippen molar-refractivity contribution in [1.82, 2.24) is 19.6 Å². The lowest BCUT2D eigenvalue weighted by Crippen LogP contribution is -2.43. The standard InChI is InChI=1S/C32H36N4OS/c1-2-35(23-25-12-9-19-34(22-25)20-17-24-10-5-3-6-11-24)32(37)30-28-15-16-29-27(18-21-38-29)31(28)36(33-30)26-13-7-4-8-14-26/h3-8,10-11,13-14,18,21,25H,2,9,12,15-17,19-20,22-23H2,1H3. The second-order valence-corrected chi connectivity index (χ2v) is 11.6. The van der Waals surface area contributed by atoms with Crippen LogP contribution in [-0.2, 0) is 19.3 Å². The molecule has 1 atom stereocenters. The summed E-state index contributed by atoms with van der Waals surface area (Å²) in [4.78, 5) is 20.1. The second kappa shape index (κ2) is 11.3. The molecule has 196 valence electrons. The van der Waals surface area contributed by atoms with Crippen LogP contribution in [0, 0.1) is 5.92 Å². The zero-order valence-corrected chi connectivity index (χ0v) is 23.0. The number of carbonyl (C=O) groups excluding carboxylic acids is 1. The van der Waals surface area contributed by atoms with Crippen molar-refractivity contribution in [3.63, 3.8) is 0 Å². The molecule has 0 saturated carbocycles. The summed E-state index contributed by atoms with van der Waals surface area (Å²) in [6.07, 6.45) is 5.30. The van der Waals surface area contributed by atoms with E-state index in [9.17, 15) is 4.79 Å². The molecule has 2 aliphatic rings. The Labute approximate surface area is 229 Å². The summed E-state index contributed by atoms with van der Waals surface area (Å²) in [6, 6.07) is 23.2. The molecular formula is C32H36N4OS. The maximum Gasteiger partial charge on any atom is 0.274 e. The van der Waals surface area contributed by atoms with Gasteiger partial charge < -0.3 is 9.80 Å². The first-order valence-corrected chi connectivity index (χ1v) is 14.9. The topological polar surface area (TPSA) is 41.4 Å². The van der Waals surface area contributed by atoms with Crippen molar-refractivity contribution in [3.8, 4) is 16.9 Å². The molecule has 4 aromatic rings. The average molecular weight is 525 g/mol. The highest BCUT2D eigenvalue weighted by Crippen LogP contribution is 2.39. The summed E-state index contributed by atoms with van der Waals surface area (Å²) in [5, 5.41) is 7.16. The van der Waals surface area contributed by atoms with Gasteiger partial charge >= 0.3 is 0 Å². The lowest BCUT2D eigenvalue weighted by molar-refractivity contribution is 0.0683. The lowest BCUT2D eigenvalue weighted by Gasteiger charge is -2.35. The van der Waals surface area contributed by atoms with Crippen molar-refractivity contribution in [2.45, 2.75) is 39.0 Å². The number of nitrogens with zero attached hydrogens (tertiary/aromatic N) is 4. The second-order valence-electron chi connectivity index (χ2n) is 10.6. The number of amides is 1. The van der Waals surface area contributed by atoms with Gasteiger partial charge in [-0.2, -0.15) is 5.10 Å². The number of hydrogen-bond acceptors (Lipinski definition) is 4. The van der Waals surface area contributed by atoms with Crippen LogP contribution in [0.15, 0.2) is 72.1 Å². The summed E-state index contributed by atoms with van der Waals surface area (Å²) in [5.41, 5.74) is 6.48. The van der Waals surface area contributed by atoms with Crippen molar-refractivity contribution in [1.29, 1.82) is 0 Å². The Bertz CT molecular complexity index is 1380. The third-order valence-electron chi connectivity index (χ3n) is 8.10. The third kappa shape index (κ3) is 5.07. The summed E-state index contributed by atoms with van der Waals surface area (Å²) >= 11 is 1.81. The predicted octanol–water partition coefficient (Wildman–Crippen LogP) is 6.12. The summed E-state index contributed by atoms with van der Waals surface area (Å²) in [6.45, 7) is 6.90. The minimum absolute atomic E-state index is 0.0820. The third-order valence-corrected chi connectivity index (χ3v) is 9.08. The van der Waals surface area contributed by atoms with Crippen molar-refractivity contribution < 1.29 is 4.79 Å². The highest BCUT2D eigenvalue weighted by Gasteiger charge is 2.32. The number of aryl methyl sites for hydroxylation is 1. The van der Waals surface area contributed by atoms with Crippen LogP contribution in [0.1, 0.15) is 46.3 Å². The van der Waals surface area contributed by atoms with Crippen LogP contribution in [0.25, 0.3) is 16.9 Å². The number of carbonyl (C=O) groups is 1. The van der Waals surface area contributed by atoms with Gasteiger partial charge in [0.2, 0.25) is 0 Å². The van der Waals surface area contributed by atoms with E-state index in [0.29, 0.717) is 18.2 Å². The van der Waals surface area contributed by atoms with Crippen LogP contribution in [0.5, 0.6) is 0 Å². The number of thiophene rings is 1. The fourth-order valence-electron chi connectivity index (χ4n) is 6.13. The minimum atomic E-state index is 0.0820. The highest BCUT2D eigenvalue weighted by molar-refractivity contribution is 7.10. The normalized spacial score (nSPS) is 17.1. The Balaban J connectivity index is 1.21. The fraction of sp³-hybridized carbons (Fsp3) is 0.375. The number of para-hydroxylation sites is 1. The van der Waals surface area contributed by atoms with Crippen LogP contribution in [0.2, 0.25) is 0 Å². The van der Waals surface area contributed by atoms with Crippen LogP contribution in [0.4, 0.5) is 0 Å². The quantitative estimate of drug-likeness (QED) is 0.279. The first-order valence-electron chi connectivity index (χ1n) is 14.0. The van der Waals surface area contributed by atoms with E-state index in [1.807, 2.05) is 27.8 Å². The molecule has 6 heteroatoms. The van der Waals surface area contributed by atoms with Gasteiger partial charge in [0.15, 0.2) is 5.69 Å². The van der Waals surface area contributed by atoms with E-state index in [1.54, 1.807) is 11.3 Å². The molecule has 0 bridgehead atoms. The van der Waals surface area contributed by atoms with Gasteiger partial charge in [-0.25, -0.2) is 4.68 Å². The average Bonchev–Trinajstić information content (AvgIpc) is 3.61. The van der Waals surface area contributed by atoms with Crippen molar-refractivity contribution in [2.75, 3.05) is 32.7 Å². The molecule has 0 N–H and O–H groups in total. The van der Waals surface area contributed by atoms with E-state index in [4.69, 9.17) is 5.10 Å². The maximum absolute atomic E-state index is 14.0. The molecule has 0 spiro atoms. The maximum atomic E-state index is 14.0. The van der Waals surface area contributed by atoms with E-state index >= 15 is 0 Å². The number of rotatable bonds is 8. The molecule has 2 aromatic heterocycles. The van der Waals surface area contributed by atoms with Crippen molar-refractivity contribution >= 4 is 17.2 Å². The SMILES string of the molecule is CCN(CC1CCCN(CCc2ccccc2)C1)C(=O)c1nn(-c2ccccc2)c2c1CCc1sccc1-2. The van der Waals surface area contributed by atoms with Crippen molar-refractivity contribution in [2.24, 2.45) is 5.92 Å². The highest BCUT2D eigenvalue weighted by atomic mass is 32.1. The molecule has 5 nitrogen and oxygen atoms in total. The zero-order chi connectivity index (χ0) is 25.9. The van der Waals surface area contributed by atoms with Gasteiger partial charge in [-0.05, 0) is 80.6 Å². The van der Waals surface area contributed by atoms with Gasteiger partial charge in [-0.1, -0.05) is 48.5 Å². The molecule has 6 rings (SSSR count). The molecule has 1 amide bonds. The van der Waals surface area contributed by atoms with E-state index in [0.717, 1.165) is 62.4 Å². The van der Waals surface area contributed by atoms with E-state index in [2.05, 4.69) is 65.7 Å². The Hall–Kier alpha value is -3.22. The molecule has 3 heterocycles. The van der Waals surface area contributed by atoms with Gasteiger partial charge in [0.25, 0.3) is 5.91 Å². The van der Waals surface area contributed by atoms with Crippen LogP contribution >= 0.6 is 11.3 Å². The van der Waals surface area contributed by atoms with E-state index in [-0.39, 0.29) is 5.91 Å². The molecule has 1 unspecified atom stereocenters. The molecule has 1 aliphatic heterocycles.